The van der Waals surface area contributed by atoms with Crippen LogP contribution in [0.2, 0.25) is 0 Å². The van der Waals surface area contributed by atoms with E-state index in [1.807, 2.05) is 30.3 Å². The summed E-state index contributed by atoms with van der Waals surface area (Å²) in [6.45, 7) is 4.13. The van der Waals surface area contributed by atoms with E-state index >= 15 is 0 Å². The third-order valence-electron chi connectivity index (χ3n) is 5.60. The molecule has 3 nitrogen and oxygen atoms in total. The first-order valence-electron chi connectivity index (χ1n) is 10.3. The lowest BCUT2D eigenvalue weighted by atomic mass is 9.98. The topological polar surface area (TPSA) is 48.2 Å². The van der Waals surface area contributed by atoms with Crippen molar-refractivity contribution in [2.75, 3.05) is 5.32 Å². The zero-order valence-electron chi connectivity index (χ0n) is 17.5. The maximum absolute atomic E-state index is 10.2. The fourth-order valence-corrected chi connectivity index (χ4v) is 3.95. The van der Waals surface area contributed by atoms with Crippen LogP contribution in [0.1, 0.15) is 22.3 Å². The molecule has 0 aliphatic carbocycles. The highest BCUT2D eigenvalue weighted by Crippen LogP contribution is 2.35. The monoisotopic (exact) mass is 399 g/mol. The SMILES string of the molecule is Cc1ccc(N=C2/C(=C(\C#N)c3ccc4ccccc4c3)Nc3ccc(C)cc32)cc1. The molecule has 1 N–H and O–H groups in total. The molecule has 5 rings (SSSR count). The number of benzene rings is 4. The normalized spacial score (nSPS) is 15.5. The number of aliphatic imine (C=N–C) groups is 1. The molecular weight excluding hydrogens is 378 g/mol. The minimum Gasteiger partial charge on any atom is -0.352 e. The average Bonchev–Trinajstić information content (AvgIpc) is 3.13. The second-order valence-electron chi connectivity index (χ2n) is 7.89. The van der Waals surface area contributed by atoms with E-state index in [0.29, 0.717) is 5.57 Å². The average molecular weight is 399 g/mol. The van der Waals surface area contributed by atoms with Gasteiger partial charge in [0.25, 0.3) is 0 Å². The van der Waals surface area contributed by atoms with Gasteiger partial charge in [0.15, 0.2) is 0 Å². The van der Waals surface area contributed by atoms with Gasteiger partial charge < -0.3 is 5.32 Å². The van der Waals surface area contributed by atoms with Gasteiger partial charge in [0.1, 0.15) is 6.07 Å². The Morgan fingerprint density at radius 1 is 0.806 bits per heavy atom. The Balaban J connectivity index is 1.73. The van der Waals surface area contributed by atoms with Crippen LogP contribution in [0, 0.1) is 25.2 Å². The Bertz CT molecular complexity index is 1420. The molecule has 1 aliphatic rings. The molecule has 0 fully saturated rings. The Labute approximate surface area is 182 Å². The predicted octanol–water partition coefficient (Wildman–Crippen LogP) is 6.94. The lowest BCUT2D eigenvalue weighted by Crippen LogP contribution is -2.06. The number of aryl methyl sites for hydroxylation is 2. The van der Waals surface area contributed by atoms with Gasteiger partial charge in [0.05, 0.1) is 22.7 Å². The molecule has 1 aliphatic heterocycles. The maximum atomic E-state index is 10.2. The lowest BCUT2D eigenvalue weighted by molar-refractivity contribution is 1.42. The summed E-state index contributed by atoms with van der Waals surface area (Å²) >= 11 is 0. The molecule has 0 saturated heterocycles. The second kappa shape index (κ2) is 7.59. The Morgan fingerprint density at radius 2 is 1.55 bits per heavy atom. The molecule has 0 radical (unpaired) electrons. The Kier molecular flexibility index (Phi) is 4.61. The van der Waals surface area contributed by atoms with E-state index in [1.54, 1.807) is 0 Å². The van der Waals surface area contributed by atoms with Crippen LogP contribution in [-0.4, -0.2) is 5.71 Å². The number of nitrogens with zero attached hydrogens (tertiary/aromatic N) is 2. The summed E-state index contributed by atoms with van der Waals surface area (Å²) in [6, 6.07) is 31.1. The Hall–Kier alpha value is -4.16. The van der Waals surface area contributed by atoms with Crippen LogP contribution >= 0.6 is 0 Å². The highest BCUT2D eigenvalue weighted by molar-refractivity contribution is 6.26. The third kappa shape index (κ3) is 3.49. The summed E-state index contributed by atoms with van der Waals surface area (Å²) in [4.78, 5) is 4.96. The van der Waals surface area contributed by atoms with Crippen LogP contribution in [0.5, 0.6) is 0 Å². The minimum atomic E-state index is 0.588. The number of nitrogens with one attached hydrogen (secondary N) is 1. The molecule has 148 valence electrons. The van der Waals surface area contributed by atoms with E-state index in [1.165, 1.54) is 5.56 Å². The number of hydrogen-bond acceptors (Lipinski definition) is 3. The van der Waals surface area contributed by atoms with Gasteiger partial charge in [-0.25, -0.2) is 4.99 Å². The van der Waals surface area contributed by atoms with Crippen molar-refractivity contribution in [2.45, 2.75) is 13.8 Å². The third-order valence-corrected chi connectivity index (χ3v) is 5.60. The Morgan fingerprint density at radius 3 is 2.32 bits per heavy atom. The molecule has 0 bridgehead atoms. The zero-order valence-corrected chi connectivity index (χ0v) is 17.5. The molecule has 1 heterocycles. The van der Waals surface area contributed by atoms with Crippen molar-refractivity contribution in [3.8, 4) is 6.07 Å². The van der Waals surface area contributed by atoms with Gasteiger partial charge in [0, 0.05) is 11.3 Å². The summed E-state index contributed by atoms with van der Waals surface area (Å²) in [7, 11) is 0. The van der Waals surface area contributed by atoms with Crippen molar-refractivity contribution in [1.29, 1.82) is 5.26 Å². The molecule has 3 heteroatoms. The van der Waals surface area contributed by atoms with Crippen LogP contribution in [-0.2, 0) is 0 Å². The van der Waals surface area contributed by atoms with Gasteiger partial charge in [0.2, 0.25) is 0 Å². The van der Waals surface area contributed by atoms with Gasteiger partial charge in [-0.15, -0.1) is 0 Å². The molecule has 4 aromatic carbocycles. The van der Waals surface area contributed by atoms with Crippen LogP contribution in [0.4, 0.5) is 11.4 Å². The van der Waals surface area contributed by atoms with Crippen molar-refractivity contribution in [1.82, 2.24) is 0 Å². The van der Waals surface area contributed by atoms with E-state index < -0.39 is 0 Å². The summed E-state index contributed by atoms with van der Waals surface area (Å²) in [6.07, 6.45) is 0. The number of anilines is 1. The molecule has 4 aromatic rings. The summed E-state index contributed by atoms with van der Waals surface area (Å²) in [5.74, 6) is 0. The number of nitriles is 1. The molecular formula is C28H21N3. The van der Waals surface area contributed by atoms with Crippen LogP contribution < -0.4 is 5.32 Å². The quantitative estimate of drug-likeness (QED) is 0.371. The largest absolute Gasteiger partial charge is 0.352 e. The van der Waals surface area contributed by atoms with Crippen molar-refractivity contribution in [2.24, 2.45) is 4.99 Å². The summed E-state index contributed by atoms with van der Waals surface area (Å²) < 4.78 is 0. The molecule has 0 saturated carbocycles. The molecule has 0 spiro atoms. The zero-order chi connectivity index (χ0) is 21.4. The van der Waals surface area contributed by atoms with Gasteiger partial charge in [-0.3, -0.25) is 0 Å². The van der Waals surface area contributed by atoms with E-state index in [-0.39, 0.29) is 0 Å². The van der Waals surface area contributed by atoms with Crippen molar-refractivity contribution < 1.29 is 0 Å². The van der Waals surface area contributed by atoms with E-state index in [0.717, 1.165) is 50.2 Å². The van der Waals surface area contributed by atoms with Gasteiger partial charge in [-0.05, 0) is 60.5 Å². The summed E-state index contributed by atoms with van der Waals surface area (Å²) in [5, 5.41) is 15.9. The van der Waals surface area contributed by atoms with Crippen molar-refractivity contribution in [3.05, 3.63) is 113 Å². The van der Waals surface area contributed by atoms with Gasteiger partial charge >= 0.3 is 0 Å². The molecule has 0 aromatic heterocycles. The van der Waals surface area contributed by atoms with Crippen LogP contribution in [0.15, 0.2) is 95.6 Å². The van der Waals surface area contributed by atoms with E-state index in [4.69, 9.17) is 4.99 Å². The predicted molar refractivity (Wildman–Crippen MR) is 129 cm³/mol. The highest BCUT2D eigenvalue weighted by atomic mass is 15.0. The number of allylic oxidation sites excluding steroid dienone is 2. The number of hydrogen-bond donors (Lipinski definition) is 1. The first kappa shape index (κ1) is 18.8. The number of fused-ring (bicyclic) bond motifs is 2. The van der Waals surface area contributed by atoms with E-state index in [9.17, 15) is 5.26 Å². The van der Waals surface area contributed by atoms with E-state index in [2.05, 4.69) is 79.8 Å². The fraction of sp³-hybridized carbons (Fsp3) is 0.0714. The number of rotatable bonds is 2. The first-order chi connectivity index (χ1) is 15.1. The van der Waals surface area contributed by atoms with Crippen molar-refractivity contribution in [3.63, 3.8) is 0 Å². The second-order valence-corrected chi connectivity index (χ2v) is 7.89. The van der Waals surface area contributed by atoms with Gasteiger partial charge in [-0.1, -0.05) is 65.7 Å². The maximum Gasteiger partial charge on any atom is 0.102 e. The molecule has 0 unspecified atom stereocenters. The van der Waals surface area contributed by atoms with Gasteiger partial charge in [-0.2, -0.15) is 5.26 Å². The van der Waals surface area contributed by atoms with Crippen LogP contribution in [0.3, 0.4) is 0 Å². The molecule has 0 amide bonds. The molecule has 31 heavy (non-hydrogen) atoms. The smallest absolute Gasteiger partial charge is 0.102 e. The fourth-order valence-electron chi connectivity index (χ4n) is 3.95. The first-order valence-corrected chi connectivity index (χ1v) is 10.3. The van der Waals surface area contributed by atoms with Crippen LogP contribution in [0.25, 0.3) is 16.3 Å². The molecule has 0 atom stereocenters. The summed E-state index contributed by atoms with van der Waals surface area (Å²) in [5.41, 5.74) is 8.22. The minimum absolute atomic E-state index is 0.588. The van der Waals surface area contributed by atoms with Crippen molar-refractivity contribution >= 4 is 33.4 Å². The lowest BCUT2D eigenvalue weighted by Gasteiger charge is -2.08. The highest BCUT2D eigenvalue weighted by Gasteiger charge is 2.27. The standard InChI is InChI=1S/C28H21N3/c1-18-7-12-23(13-8-18)30-27-24-15-19(2)9-14-26(24)31-28(27)25(17-29)22-11-10-20-5-3-4-6-21(20)16-22/h3-16,31H,1-2H3/b28-25-,30-27?.